The minimum absolute atomic E-state index is 0.201. The number of fused-ring (bicyclic) bond motifs is 2. The molecule has 0 unspecified atom stereocenters. The Kier molecular flexibility index (Phi) is 4.59. The normalized spacial score (nSPS) is 14.7. The zero-order chi connectivity index (χ0) is 19.8. The predicted octanol–water partition coefficient (Wildman–Crippen LogP) is 7.02. The molecule has 0 spiro atoms. The first-order chi connectivity index (χ1) is 14.2. The van der Waals surface area contributed by atoms with E-state index in [1.807, 2.05) is 48.5 Å². The molecule has 5 rings (SSSR count). The Morgan fingerprint density at radius 1 is 1.00 bits per heavy atom. The van der Waals surface area contributed by atoms with E-state index in [0.717, 1.165) is 51.5 Å². The molecule has 0 bridgehead atoms. The lowest BCUT2D eigenvalue weighted by Crippen LogP contribution is -2.06. The van der Waals surface area contributed by atoms with Crippen LogP contribution in [0, 0.1) is 5.92 Å². The number of carbonyl (C=O) groups excluding carboxylic acids is 1. The predicted molar refractivity (Wildman–Crippen MR) is 117 cm³/mol. The van der Waals surface area contributed by atoms with Gasteiger partial charge in [-0.05, 0) is 41.0 Å². The molecule has 1 aliphatic rings. The molecule has 0 atom stereocenters. The Morgan fingerprint density at radius 2 is 1.76 bits per heavy atom. The van der Waals surface area contributed by atoms with E-state index in [9.17, 15) is 4.79 Å². The number of para-hydroxylation sites is 1. The summed E-state index contributed by atoms with van der Waals surface area (Å²) in [4.78, 5) is 13.3. The molecule has 146 valence electrons. The second-order valence-corrected chi connectivity index (χ2v) is 8.01. The molecule has 1 fully saturated rings. The van der Waals surface area contributed by atoms with Crippen molar-refractivity contribution in [2.45, 2.75) is 32.1 Å². The van der Waals surface area contributed by atoms with Crippen molar-refractivity contribution in [2.24, 2.45) is 5.92 Å². The second kappa shape index (κ2) is 7.40. The van der Waals surface area contributed by atoms with Gasteiger partial charge in [0.25, 0.3) is 0 Å². The van der Waals surface area contributed by atoms with E-state index in [4.69, 9.17) is 9.15 Å². The first-order valence-corrected chi connectivity index (χ1v) is 10.4. The van der Waals surface area contributed by atoms with Crippen LogP contribution in [0.3, 0.4) is 0 Å². The molecule has 29 heavy (non-hydrogen) atoms. The maximum absolute atomic E-state index is 13.3. The highest BCUT2D eigenvalue weighted by Gasteiger charge is 2.25. The third kappa shape index (κ3) is 3.31. The third-order valence-corrected chi connectivity index (χ3v) is 6.13. The lowest BCUT2D eigenvalue weighted by molar-refractivity contribution is 0.0963. The van der Waals surface area contributed by atoms with E-state index in [1.54, 1.807) is 7.11 Å². The SMILES string of the molecule is COc1ccc2cc(-c3oc4ccccc4c3C(=O)CC3CCCC3)ccc2c1. The highest BCUT2D eigenvalue weighted by molar-refractivity contribution is 6.12. The number of benzene rings is 3. The van der Waals surface area contributed by atoms with E-state index < -0.39 is 0 Å². The molecule has 0 saturated heterocycles. The van der Waals surface area contributed by atoms with Crippen LogP contribution < -0.4 is 4.74 Å². The minimum Gasteiger partial charge on any atom is -0.497 e. The zero-order valence-electron chi connectivity index (χ0n) is 16.6. The van der Waals surface area contributed by atoms with Gasteiger partial charge in [0.1, 0.15) is 17.1 Å². The molecular weight excluding hydrogens is 360 g/mol. The zero-order valence-corrected chi connectivity index (χ0v) is 16.6. The number of ketones is 1. The standard InChI is InChI=1S/C26H24O3/c1-28-21-13-12-18-15-20(11-10-19(18)16-21)26-25(22-8-4-5-9-24(22)29-26)23(27)14-17-6-2-3-7-17/h4-5,8-13,15-17H,2-3,6-7,14H2,1H3. The number of rotatable bonds is 5. The lowest BCUT2D eigenvalue weighted by atomic mass is 9.93. The quantitative estimate of drug-likeness (QED) is 0.347. The fraction of sp³-hybridized carbons (Fsp3) is 0.269. The summed E-state index contributed by atoms with van der Waals surface area (Å²) in [5, 5.41) is 3.11. The maximum atomic E-state index is 13.3. The van der Waals surface area contributed by atoms with Gasteiger partial charge >= 0.3 is 0 Å². The van der Waals surface area contributed by atoms with Crippen molar-refractivity contribution >= 4 is 27.5 Å². The third-order valence-electron chi connectivity index (χ3n) is 6.13. The van der Waals surface area contributed by atoms with Crippen LogP contribution in [0.1, 0.15) is 42.5 Å². The van der Waals surface area contributed by atoms with Crippen molar-refractivity contribution in [2.75, 3.05) is 7.11 Å². The van der Waals surface area contributed by atoms with Crippen molar-refractivity contribution in [3.8, 4) is 17.1 Å². The molecular formula is C26H24O3. The van der Waals surface area contributed by atoms with Gasteiger partial charge in [-0.25, -0.2) is 0 Å². The van der Waals surface area contributed by atoms with Gasteiger partial charge in [-0.1, -0.05) is 62.1 Å². The van der Waals surface area contributed by atoms with E-state index in [1.165, 1.54) is 12.8 Å². The van der Waals surface area contributed by atoms with Gasteiger partial charge in [0.15, 0.2) is 5.78 Å². The molecule has 0 N–H and O–H groups in total. The number of carbonyl (C=O) groups is 1. The van der Waals surface area contributed by atoms with Crippen molar-refractivity contribution < 1.29 is 13.9 Å². The lowest BCUT2D eigenvalue weighted by Gasteiger charge is -2.09. The molecule has 1 saturated carbocycles. The van der Waals surface area contributed by atoms with Gasteiger partial charge in [0, 0.05) is 17.4 Å². The fourth-order valence-corrected chi connectivity index (χ4v) is 4.60. The van der Waals surface area contributed by atoms with Crippen molar-refractivity contribution in [1.29, 1.82) is 0 Å². The molecule has 4 aromatic rings. The minimum atomic E-state index is 0.201. The average molecular weight is 384 g/mol. The van der Waals surface area contributed by atoms with Crippen LogP contribution in [0.5, 0.6) is 5.75 Å². The number of hydrogen-bond donors (Lipinski definition) is 0. The van der Waals surface area contributed by atoms with Crippen LogP contribution in [0.4, 0.5) is 0 Å². The van der Waals surface area contributed by atoms with Gasteiger partial charge < -0.3 is 9.15 Å². The molecule has 1 heterocycles. The largest absolute Gasteiger partial charge is 0.497 e. The molecule has 1 aromatic heterocycles. The Bertz CT molecular complexity index is 1200. The van der Waals surface area contributed by atoms with E-state index >= 15 is 0 Å². The Labute approximate surface area is 170 Å². The molecule has 1 aliphatic carbocycles. The number of hydrogen-bond acceptors (Lipinski definition) is 3. The highest BCUT2D eigenvalue weighted by atomic mass is 16.5. The summed E-state index contributed by atoms with van der Waals surface area (Å²) in [6.45, 7) is 0. The average Bonchev–Trinajstić information content (AvgIpc) is 3.40. The number of methoxy groups -OCH3 is 1. The Balaban J connectivity index is 1.62. The first kappa shape index (κ1) is 18.0. The molecule has 3 heteroatoms. The maximum Gasteiger partial charge on any atom is 0.167 e. The van der Waals surface area contributed by atoms with Crippen LogP contribution in [-0.2, 0) is 0 Å². The molecule has 0 aliphatic heterocycles. The summed E-state index contributed by atoms with van der Waals surface area (Å²) in [6.07, 6.45) is 5.42. The fourth-order valence-electron chi connectivity index (χ4n) is 4.60. The monoisotopic (exact) mass is 384 g/mol. The highest BCUT2D eigenvalue weighted by Crippen LogP contribution is 2.38. The molecule has 0 radical (unpaired) electrons. The van der Waals surface area contributed by atoms with Crippen molar-refractivity contribution in [1.82, 2.24) is 0 Å². The second-order valence-electron chi connectivity index (χ2n) is 8.01. The van der Waals surface area contributed by atoms with Crippen LogP contribution in [0.25, 0.3) is 33.1 Å². The summed E-state index contributed by atoms with van der Waals surface area (Å²) in [5.41, 5.74) is 2.45. The summed E-state index contributed by atoms with van der Waals surface area (Å²) < 4.78 is 11.5. The van der Waals surface area contributed by atoms with Crippen molar-refractivity contribution in [3.05, 3.63) is 66.2 Å². The summed E-state index contributed by atoms with van der Waals surface area (Å²) in [5.74, 6) is 2.23. The van der Waals surface area contributed by atoms with Gasteiger partial charge in [-0.2, -0.15) is 0 Å². The van der Waals surface area contributed by atoms with Gasteiger partial charge in [0.05, 0.1) is 12.7 Å². The smallest absolute Gasteiger partial charge is 0.167 e. The van der Waals surface area contributed by atoms with Gasteiger partial charge in [0.2, 0.25) is 0 Å². The van der Waals surface area contributed by atoms with Gasteiger partial charge in [-0.15, -0.1) is 0 Å². The topological polar surface area (TPSA) is 39.4 Å². The number of ether oxygens (including phenoxy) is 1. The summed E-state index contributed by atoms with van der Waals surface area (Å²) in [6, 6.07) is 20.1. The number of Topliss-reactive ketones (excluding diaryl/α,β-unsaturated/α-hetero) is 1. The van der Waals surface area contributed by atoms with Gasteiger partial charge in [-0.3, -0.25) is 4.79 Å². The first-order valence-electron chi connectivity index (χ1n) is 10.4. The van der Waals surface area contributed by atoms with Crippen LogP contribution >= 0.6 is 0 Å². The Hall–Kier alpha value is -3.07. The Morgan fingerprint density at radius 3 is 2.59 bits per heavy atom. The van der Waals surface area contributed by atoms with E-state index in [2.05, 4.69) is 12.1 Å². The van der Waals surface area contributed by atoms with Crippen molar-refractivity contribution in [3.63, 3.8) is 0 Å². The molecule has 3 aromatic carbocycles. The van der Waals surface area contributed by atoms with E-state index in [-0.39, 0.29) is 5.78 Å². The molecule has 3 nitrogen and oxygen atoms in total. The van der Waals surface area contributed by atoms with Crippen LogP contribution in [0.15, 0.2) is 65.1 Å². The van der Waals surface area contributed by atoms with E-state index in [0.29, 0.717) is 18.1 Å². The van der Waals surface area contributed by atoms with Crippen LogP contribution in [0.2, 0.25) is 0 Å². The number of furan rings is 1. The summed E-state index contributed by atoms with van der Waals surface area (Å²) in [7, 11) is 1.67. The molecule has 0 amide bonds. The summed E-state index contributed by atoms with van der Waals surface area (Å²) >= 11 is 0. The van der Waals surface area contributed by atoms with Crippen LogP contribution in [-0.4, -0.2) is 12.9 Å².